The van der Waals surface area contributed by atoms with E-state index in [1.54, 1.807) is 12.1 Å². The van der Waals surface area contributed by atoms with Gasteiger partial charge in [0.05, 0.1) is 28.4 Å². The molecular formula is C19H13Cl2NO5. The minimum absolute atomic E-state index is 0.165. The first-order chi connectivity index (χ1) is 13.1. The van der Waals surface area contributed by atoms with E-state index in [1.807, 2.05) is 12.1 Å². The van der Waals surface area contributed by atoms with Crippen molar-refractivity contribution >= 4 is 34.9 Å². The molecule has 3 aliphatic heterocycles. The van der Waals surface area contributed by atoms with Crippen molar-refractivity contribution in [3.8, 4) is 17.2 Å². The third kappa shape index (κ3) is 2.44. The molecule has 0 fully saturated rings. The van der Waals surface area contributed by atoms with Gasteiger partial charge in [0, 0.05) is 17.7 Å². The Kier molecular flexibility index (Phi) is 3.67. The lowest BCUT2D eigenvalue weighted by atomic mass is 9.81. The third-order valence-corrected chi connectivity index (χ3v) is 5.44. The van der Waals surface area contributed by atoms with Crippen molar-refractivity contribution in [2.75, 3.05) is 25.8 Å². The van der Waals surface area contributed by atoms with Crippen LogP contribution in [0.1, 0.15) is 17.0 Å². The Morgan fingerprint density at radius 3 is 2.48 bits per heavy atom. The summed E-state index contributed by atoms with van der Waals surface area (Å²) in [6.45, 7) is 0.356. The van der Waals surface area contributed by atoms with Gasteiger partial charge in [-0.3, -0.25) is 0 Å². The second-order valence-corrected chi connectivity index (χ2v) is 7.15. The molecule has 0 radical (unpaired) electrons. The lowest BCUT2D eigenvalue weighted by Gasteiger charge is -2.28. The van der Waals surface area contributed by atoms with Crippen LogP contribution in [-0.4, -0.2) is 26.5 Å². The molecule has 0 amide bonds. The maximum Gasteiger partial charge on any atom is 0.337 e. The summed E-state index contributed by atoms with van der Waals surface area (Å²) in [5.41, 5.74) is 3.70. The predicted octanol–water partition coefficient (Wildman–Crippen LogP) is 4.10. The van der Waals surface area contributed by atoms with Gasteiger partial charge in [-0.2, -0.15) is 0 Å². The van der Waals surface area contributed by atoms with Crippen molar-refractivity contribution in [2.45, 2.75) is 5.92 Å². The van der Waals surface area contributed by atoms with Crippen LogP contribution in [-0.2, 0) is 9.53 Å². The first-order valence-corrected chi connectivity index (χ1v) is 8.96. The quantitative estimate of drug-likeness (QED) is 0.758. The summed E-state index contributed by atoms with van der Waals surface area (Å²) in [7, 11) is 1.50. The summed E-state index contributed by atoms with van der Waals surface area (Å²) in [4.78, 5) is 12.5. The van der Waals surface area contributed by atoms with E-state index in [1.165, 1.54) is 7.11 Å². The summed E-state index contributed by atoms with van der Waals surface area (Å²) in [6.07, 6.45) is 0. The Morgan fingerprint density at radius 1 is 1.07 bits per heavy atom. The topological polar surface area (TPSA) is 66.0 Å². The summed E-state index contributed by atoms with van der Waals surface area (Å²) in [6, 6.07) is 7.25. The SMILES string of the molecule is COc1c(Cl)cc(C2C3=C(COC3=O)Nc3cc4c(cc32)OCO4)cc1Cl. The number of rotatable bonds is 2. The number of anilines is 1. The first kappa shape index (κ1) is 16.6. The lowest BCUT2D eigenvalue weighted by molar-refractivity contribution is -0.136. The van der Waals surface area contributed by atoms with Crippen LogP contribution >= 0.6 is 23.2 Å². The van der Waals surface area contributed by atoms with E-state index < -0.39 is 5.92 Å². The standard InChI is InChI=1S/C19H13Cl2NO5/c1-24-18-10(20)2-8(3-11(18)21)16-9-4-14-15(27-7-26-14)5-12(9)22-13-6-25-19(23)17(13)16/h2-5,16,22H,6-7H2,1H3. The molecule has 0 aliphatic carbocycles. The number of cyclic esters (lactones) is 1. The average molecular weight is 406 g/mol. The fraction of sp³-hybridized carbons (Fsp3) is 0.211. The van der Waals surface area contributed by atoms with Gasteiger partial charge in [0.1, 0.15) is 6.61 Å². The van der Waals surface area contributed by atoms with E-state index in [9.17, 15) is 4.79 Å². The summed E-state index contributed by atoms with van der Waals surface area (Å²) in [5.74, 6) is 0.905. The van der Waals surface area contributed by atoms with Crippen molar-refractivity contribution in [1.82, 2.24) is 0 Å². The highest BCUT2D eigenvalue weighted by atomic mass is 35.5. The van der Waals surface area contributed by atoms with Crippen molar-refractivity contribution < 1.29 is 23.7 Å². The molecule has 0 spiro atoms. The number of esters is 1. The van der Waals surface area contributed by atoms with Crippen LogP contribution in [0.3, 0.4) is 0 Å². The van der Waals surface area contributed by atoms with Crippen LogP contribution in [0.4, 0.5) is 5.69 Å². The van der Waals surface area contributed by atoms with E-state index in [0.29, 0.717) is 32.9 Å². The second kappa shape index (κ2) is 5.97. The molecule has 138 valence electrons. The fourth-order valence-corrected chi connectivity index (χ4v) is 4.38. The minimum Gasteiger partial charge on any atom is -0.494 e. The Balaban J connectivity index is 1.73. The summed E-state index contributed by atoms with van der Waals surface area (Å²) >= 11 is 12.7. The lowest BCUT2D eigenvalue weighted by Crippen LogP contribution is -2.20. The van der Waals surface area contributed by atoms with Crippen LogP contribution < -0.4 is 19.5 Å². The van der Waals surface area contributed by atoms with E-state index in [0.717, 1.165) is 22.5 Å². The van der Waals surface area contributed by atoms with Gasteiger partial charge in [-0.25, -0.2) is 4.79 Å². The summed E-state index contributed by atoms with van der Waals surface area (Å²) < 4.78 is 21.5. The molecule has 3 aliphatic rings. The second-order valence-electron chi connectivity index (χ2n) is 6.34. The van der Waals surface area contributed by atoms with Gasteiger partial charge >= 0.3 is 5.97 Å². The van der Waals surface area contributed by atoms with Crippen LogP contribution in [0.15, 0.2) is 35.5 Å². The zero-order valence-electron chi connectivity index (χ0n) is 14.1. The number of hydrogen-bond acceptors (Lipinski definition) is 6. The molecule has 27 heavy (non-hydrogen) atoms. The number of ether oxygens (including phenoxy) is 4. The molecular weight excluding hydrogens is 393 g/mol. The maximum atomic E-state index is 12.5. The zero-order valence-corrected chi connectivity index (χ0v) is 15.6. The highest BCUT2D eigenvalue weighted by molar-refractivity contribution is 6.37. The number of benzene rings is 2. The fourth-order valence-electron chi connectivity index (χ4n) is 3.72. The highest BCUT2D eigenvalue weighted by Crippen LogP contribution is 2.50. The van der Waals surface area contributed by atoms with Gasteiger partial charge in [-0.1, -0.05) is 23.2 Å². The molecule has 6 nitrogen and oxygen atoms in total. The molecule has 8 heteroatoms. The van der Waals surface area contributed by atoms with Crippen LogP contribution in [0, 0.1) is 0 Å². The van der Waals surface area contributed by atoms with E-state index in [2.05, 4.69) is 5.32 Å². The van der Waals surface area contributed by atoms with Gasteiger partial charge in [0.2, 0.25) is 6.79 Å². The number of halogens is 2. The predicted molar refractivity (Wildman–Crippen MR) is 99.0 cm³/mol. The van der Waals surface area contributed by atoms with E-state index >= 15 is 0 Å². The summed E-state index contributed by atoms with van der Waals surface area (Å²) in [5, 5.41) is 4.02. The molecule has 0 saturated carbocycles. The molecule has 3 heterocycles. The molecule has 0 aromatic heterocycles. The largest absolute Gasteiger partial charge is 0.494 e. The smallest absolute Gasteiger partial charge is 0.337 e. The third-order valence-electron chi connectivity index (χ3n) is 4.88. The number of hydrogen-bond donors (Lipinski definition) is 1. The van der Waals surface area contributed by atoms with Crippen LogP contribution in [0.2, 0.25) is 10.0 Å². The van der Waals surface area contributed by atoms with Crippen LogP contribution in [0.25, 0.3) is 0 Å². The molecule has 0 bridgehead atoms. The number of nitrogens with one attached hydrogen (secondary N) is 1. The molecule has 5 rings (SSSR count). The number of carbonyl (C=O) groups is 1. The molecule has 2 aromatic carbocycles. The van der Waals surface area contributed by atoms with Crippen LogP contribution in [0.5, 0.6) is 17.2 Å². The van der Waals surface area contributed by atoms with Crippen molar-refractivity contribution in [3.63, 3.8) is 0 Å². The Morgan fingerprint density at radius 2 is 1.78 bits per heavy atom. The van der Waals surface area contributed by atoms with Gasteiger partial charge in [0.15, 0.2) is 17.2 Å². The average Bonchev–Trinajstić information content (AvgIpc) is 3.24. The Bertz CT molecular complexity index is 1010. The monoisotopic (exact) mass is 405 g/mol. The maximum absolute atomic E-state index is 12.5. The zero-order chi connectivity index (χ0) is 18.7. The van der Waals surface area contributed by atoms with Gasteiger partial charge in [-0.05, 0) is 29.3 Å². The first-order valence-electron chi connectivity index (χ1n) is 8.20. The normalized spacial score (nSPS) is 19.4. The number of carbonyl (C=O) groups excluding carboxylic acids is 1. The van der Waals surface area contributed by atoms with E-state index in [-0.39, 0.29) is 19.4 Å². The van der Waals surface area contributed by atoms with Gasteiger partial charge < -0.3 is 24.3 Å². The van der Waals surface area contributed by atoms with Crippen molar-refractivity contribution in [3.05, 3.63) is 56.7 Å². The molecule has 1 atom stereocenters. The number of methoxy groups -OCH3 is 1. The molecule has 0 saturated heterocycles. The Hall–Kier alpha value is -2.57. The van der Waals surface area contributed by atoms with Gasteiger partial charge in [0.25, 0.3) is 0 Å². The molecule has 2 aromatic rings. The van der Waals surface area contributed by atoms with Gasteiger partial charge in [-0.15, -0.1) is 0 Å². The highest BCUT2D eigenvalue weighted by Gasteiger charge is 2.40. The number of fused-ring (bicyclic) bond motifs is 2. The van der Waals surface area contributed by atoms with Crippen molar-refractivity contribution in [1.29, 1.82) is 0 Å². The van der Waals surface area contributed by atoms with E-state index in [4.69, 9.17) is 42.1 Å². The minimum atomic E-state index is -0.401. The van der Waals surface area contributed by atoms with Crippen molar-refractivity contribution in [2.24, 2.45) is 0 Å². The molecule has 1 N–H and O–H groups in total. The Labute approximate surface area is 164 Å². The molecule has 1 unspecified atom stereocenters.